The first-order chi connectivity index (χ1) is 8.36. The molecule has 3 rings (SSSR count). The highest BCUT2D eigenvalue weighted by atomic mass is 16.5. The van der Waals surface area contributed by atoms with Crippen LogP contribution in [0.15, 0.2) is 18.7 Å². The van der Waals surface area contributed by atoms with Crippen LogP contribution in [-0.4, -0.2) is 48.1 Å². The second-order valence-electron chi connectivity index (χ2n) is 5.05. The highest BCUT2D eigenvalue weighted by Crippen LogP contribution is 2.31. The van der Waals surface area contributed by atoms with Gasteiger partial charge in [0.2, 0.25) is 0 Å². The lowest BCUT2D eigenvalue weighted by Gasteiger charge is -2.25. The van der Waals surface area contributed by atoms with Crippen molar-refractivity contribution in [2.24, 2.45) is 5.92 Å². The Kier molecular flexibility index (Phi) is 3.13. The van der Waals surface area contributed by atoms with Crippen LogP contribution in [0.25, 0.3) is 0 Å². The van der Waals surface area contributed by atoms with Crippen LogP contribution in [-0.2, 0) is 16.0 Å². The van der Waals surface area contributed by atoms with E-state index >= 15 is 0 Å². The van der Waals surface area contributed by atoms with Crippen molar-refractivity contribution in [3.05, 3.63) is 18.7 Å². The Labute approximate surface area is 101 Å². The van der Waals surface area contributed by atoms with Gasteiger partial charge in [0.1, 0.15) is 5.60 Å². The van der Waals surface area contributed by atoms with Crippen molar-refractivity contribution < 1.29 is 9.47 Å². The zero-order valence-corrected chi connectivity index (χ0v) is 9.97. The topological polar surface area (TPSA) is 48.3 Å². The standard InChI is InChI=1S/C12H19N3O2/c1-3-15(10-14-1)6-11-5-12(17-7-11)8-13-2-4-16-9-12/h1,3,10-11,13H,2,4-9H2. The van der Waals surface area contributed by atoms with Gasteiger partial charge >= 0.3 is 0 Å². The van der Waals surface area contributed by atoms with E-state index in [9.17, 15) is 0 Å². The van der Waals surface area contributed by atoms with Crippen molar-refractivity contribution >= 4 is 0 Å². The average molecular weight is 237 g/mol. The summed E-state index contributed by atoms with van der Waals surface area (Å²) in [6.07, 6.45) is 6.76. The minimum Gasteiger partial charge on any atom is -0.377 e. The summed E-state index contributed by atoms with van der Waals surface area (Å²) < 4.78 is 13.7. The summed E-state index contributed by atoms with van der Waals surface area (Å²) in [5, 5.41) is 3.39. The highest BCUT2D eigenvalue weighted by Gasteiger charge is 2.41. The molecule has 17 heavy (non-hydrogen) atoms. The van der Waals surface area contributed by atoms with Gasteiger partial charge in [0.05, 0.1) is 26.1 Å². The van der Waals surface area contributed by atoms with E-state index in [-0.39, 0.29) is 5.60 Å². The van der Waals surface area contributed by atoms with Crippen LogP contribution in [0.5, 0.6) is 0 Å². The fourth-order valence-electron chi connectivity index (χ4n) is 2.74. The Morgan fingerprint density at radius 2 is 2.53 bits per heavy atom. The normalized spacial score (nSPS) is 34.0. The Bertz CT molecular complexity index is 345. The SMILES string of the molecule is c1cn(CC2COC3(CNCCOC3)C2)cn1. The van der Waals surface area contributed by atoms with Gasteiger partial charge in [-0.25, -0.2) is 4.98 Å². The highest BCUT2D eigenvalue weighted by molar-refractivity contribution is 4.93. The van der Waals surface area contributed by atoms with Crippen molar-refractivity contribution in [3.8, 4) is 0 Å². The molecule has 5 nitrogen and oxygen atoms in total. The fourth-order valence-corrected chi connectivity index (χ4v) is 2.74. The molecule has 1 spiro atoms. The summed E-state index contributed by atoms with van der Waals surface area (Å²) in [4.78, 5) is 4.07. The van der Waals surface area contributed by atoms with Crippen LogP contribution >= 0.6 is 0 Å². The van der Waals surface area contributed by atoms with Crippen LogP contribution in [0.1, 0.15) is 6.42 Å². The van der Waals surface area contributed by atoms with Gasteiger partial charge in [-0.05, 0) is 6.42 Å². The molecule has 2 atom stereocenters. The maximum atomic E-state index is 6.00. The maximum Gasteiger partial charge on any atom is 0.104 e. The van der Waals surface area contributed by atoms with E-state index in [1.165, 1.54) is 0 Å². The molecule has 1 N–H and O–H groups in total. The van der Waals surface area contributed by atoms with E-state index in [4.69, 9.17) is 9.47 Å². The van der Waals surface area contributed by atoms with E-state index < -0.39 is 0 Å². The van der Waals surface area contributed by atoms with Gasteiger partial charge in [-0.1, -0.05) is 0 Å². The zero-order chi connectivity index (χ0) is 11.6. The van der Waals surface area contributed by atoms with Crippen molar-refractivity contribution in [2.45, 2.75) is 18.6 Å². The van der Waals surface area contributed by atoms with E-state index in [0.717, 1.165) is 45.9 Å². The summed E-state index contributed by atoms with van der Waals surface area (Å²) in [5.74, 6) is 0.563. The van der Waals surface area contributed by atoms with E-state index in [1.807, 2.05) is 18.7 Å². The first-order valence-corrected chi connectivity index (χ1v) is 6.25. The molecule has 0 amide bonds. The minimum atomic E-state index is -0.0955. The first-order valence-electron chi connectivity index (χ1n) is 6.25. The second-order valence-corrected chi connectivity index (χ2v) is 5.05. The molecule has 0 radical (unpaired) electrons. The average Bonchev–Trinajstić information content (AvgIpc) is 2.89. The van der Waals surface area contributed by atoms with Crippen LogP contribution in [0.2, 0.25) is 0 Å². The molecule has 3 heterocycles. The number of ether oxygens (including phenoxy) is 2. The minimum absolute atomic E-state index is 0.0955. The summed E-state index contributed by atoms with van der Waals surface area (Å²) >= 11 is 0. The molecule has 1 aromatic rings. The largest absolute Gasteiger partial charge is 0.377 e. The Balaban J connectivity index is 1.60. The molecule has 0 aliphatic carbocycles. The third kappa shape index (κ3) is 2.51. The van der Waals surface area contributed by atoms with Crippen molar-refractivity contribution in [3.63, 3.8) is 0 Å². The van der Waals surface area contributed by atoms with Gasteiger partial charge in [-0.3, -0.25) is 0 Å². The molecule has 1 aromatic heterocycles. The zero-order valence-electron chi connectivity index (χ0n) is 9.97. The van der Waals surface area contributed by atoms with Crippen molar-refractivity contribution in [1.29, 1.82) is 0 Å². The number of nitrogens with zero attached hydrogens (tertiary/aromatic N) is 2. The molecule has 2 saturated heterocycles. The summed E-state index contributed by atoms with van der Waals surface area (Å²) in [6, 6.07) is 0. The number of aromatic nitrogens is 2. The van der Waals surface area contributed by atoms with Crippen molar-refractivity contribution in [2.75, 3.05) is 32.9 Å². The monoisotopic (exact) mass is 237 g/mol. The number of hydrogen-bond acceptors (Lipinski definition) is 4. The number of rotatable bonds is 2. The Morgan fingerprint density at radius 3 is 3.41 bits per heavy atom. The lowest BCUT2D eigenvalue weighted by atomic mass is 9.94. The van der Waals surface area contributed by atoms with E-state index in [0.29, 0.717) is 5.92 Å². The van der Waals surface area contributed by atoms with Crippen LogP contribution < -0.4 is 5.32 Å². The molecule has 2 aliphatic rings. The molecule has 5 heteroatoms. The van der Waals surface area contributed by atoms with Gasteiger partial charge in [-0.15, -0.1) is 0 Å². The number of imidazole rings is 1. The number of nitrogens with one attached hydrogen (secondary N) is 1. The molecule has 0 bridgehead atoms. The third-order valence-corrected chi connectivity index (χ3v) is 3.55. The quantitative estimate of drug-likeness (QED) is 0.802. The van der Waals surface area contributed by atoms with Gasteiger partial charge in [0.25, 0.3) is 0 Å². The summed E-state index contributed by atoms with van der Waals surface area (Å²) in [6.45, 7) is 5.16. The molecule has 2 fully saturated rings. The Hall–Kier alpha value is -0.910. The molecule has 0 saturated carbocycles. The predicted molar refractivity (Wildman–Crippen MR) is 62.7 cm³/mol. The lowest BCUT2D eigenvalue weighted by molar-refractivity contribution is -0.0472. The van der Waals surface area contributed by atoms with Crippen LogP contribution in [0.4, 0.5) is 0 Å². The van der Waals surface area contributed by atoms with Crippen LogP contribution in [0, 0.1) is 5.92 Å². The molecular weight excluding hydrogens is 218 g/mol. The van der Waals surface area contributed by atoms with Crippen molar-refractivity contribution in [1.82, 2.24) is 14.9 Å². The number of hydrogen-bond donors (Lipinski definition) is 1. The van der Waals surface area contributed by atoms with Crippen LogP contribution in [0.3, 0.4) is 0 Å². The molecule has 2 unspecified atom stereocenters. The lowest BCUT2D eigenvalue weighted by Crippen LogP contribution is -2.41. The molecule has 2 aliphatic heterocycles. The van der Waals surface area contributed by atoms with E-state index in [2.05, 4.69) is 14.9 Å². The fraction of sp³-hybridized carbons (Fsp3) is 0.750. The summed E-state index contributed by atoms with van der Waals surface area (Å²) in [5.41, 5.74) is -0.0955. The second kappa shape index (κ2) is 4.76. The molecule has 94 valence electrons. The maximum absolute atomic E-state index is 6.00. The van der Waals surface area contributed by atoms with E-state index in [1.54, 1.807) is 0 Å². The van der Waals surface area contributed by atoms with Gasteiger partial charge < -0.3 is 19.4 Å². The van der Waals surface area contributed by atoms with Gasteiger partial charge in [0, 0.05) is 37.9 Å². The summed E-state index contributed by atoms with van der Waals surface area (Å²) in [7, 11) is 0. The van der Waals surface area contributed by atoms with Gasteiger partial charge in [-0.2, -0.15) is 0 Å². The predicted octanol–water partition coefficient (Wildman–Crippen LogP) is 0.278. The smallest absolute Gasteiger partial charge is 0.104 e. The Morgan fingerprint density at radius 1 is 1.53 bits per heavy atom. The third-order valence-electron chi connectivity index (χ3n) is 3.55. The molecular formula is C12H19N3O2. The molecule has 0 aromatic carbocycles. The first kappa shape index (κ1) is 11.2. The van der Waals surface area contributed by atoms with Gasteiger partial charge in [0.15, 0.2) is 0 Å².